The van der Waals surface area contributed by atoms with E-state index in [2.05, 4.69) is 16.3 Å². The molecule has 0 aliphatic heterocycles. The number of hydrogen-bond acceptors (Lipinski definition) is 4. The van der Waals surface area contributed by atoms with Crippen molar-refractivity contribution in [3.63, 3.8) is 0 Å². The van der Waals surface area contributed by atoms with Crippen LogP contribution in [0, 0.1) is 11.8 Å². The van der Waals surface area contributed by atoms with E-state index in [1.54, 1.807) is 7.11 Å². The van der Waals surface area contributed by atoms with Gasteiger partial charge in [0.05, 0.1) is 13.2 Å². The van der Waals surface area contributed by atoms with E-state index in [0.717, 1.165) is 30.6 Å². The zero-order valence-electron chi connectivity index (χ0n) is 15.2. The number of ether oxygens (including phenoxy) is 1. The number of nitrogens with two attached hydrogens (primary N) is 1. The van der Waals surface area contributed by atoms with Gasteiger partial charge in [0.1, 0.15) is 5.75 Å². The third-order valence-corrected chi connectivity index (χ3v) is 4.87. The number of nitrogens with one attached hydrogen (secondary N) is 1. The zero-order chi connectivity index (χ0) is 16.8. The number of likely N-dealkylation sites (N-methyl/N-ethyl adjacent to an activating group) is 1. The second kappa shape index (κ2) is 11.6. The first-order valence-electron chi connectivity index (χ1n) is 8.35. The fourth-order valence-electron chi connectivity index (χ4n) is 3.44. The van der Waals surface area contributed by atoms with Crippen LogP contribution in [0.3, 0.4) is 0 Å². The van der Waals surface area contributed by atoms with E-state index in [1.807, 2.05) is 32.3 Å². The third kappa shape index (κ3) is 6.33. The smallest absolute Gasteiger partial charge is 0.223 e. The summed E-state index contributed by atoms with van der Waals surface area (Å²) in [6.07, 6.45) is 3.13. The predicted molar refractivity (Wildman–Crippen MR) is 107 cm³/mol. The van der Waals surface area contributed by atoms with Gasteiger partial charge in [0, 0.05) is 12.5 Å². The Labute approximate surface area is 163 Å². The lowest BCUT2D eigenvalue weighted by Gasteiger charge is -2.26. The molecule has 144 valence electrons. The molecule has 1 fully saturated rings. The van der Waals surface area contributed by atoms with Crippen LogP contribution in [-0.2, 0) is 4.79 Å². The molecule has 1 unspecified atom stereocenters. The first-order valence-corrected chi connectivity index (χ1v) is 8.35. The standard InChI is InChI=1S/C18H29N3O2.2ClH/c1-21(2)17(13-6-4-8-15(10-13)23-3)12-20-18(22)16-9-5-7-14(16)11-19;;/h4,6,8,10,14,16-17H,5,7,9,11-12,19H2,1-3H3,(H,20,22);2*1H/t14-,16-,17?;;/m1../s1. The highest BCUT2D eigenvalue weighted by molar-refractivity contribution is 5.85. The summed E-state index contributed by atoms with van der Waals surface area (Å²) < 4.78 is 5.30. The summed E-state index contributed by atoms with van der Waals surface area (Å²) in [7, 11) is 5.71. The van der Waals surface area contributed by atoms with E-state index in [-0.39, 0.29) is 42.7 Å². The van der Waals surface area contributed by atoms with Gasteiger partial charge in [0.15, 0.2) is 0 Å². The summed E-state index contributed by atoms with van der Waals surface area (Å²) in [4.78, 5) is 14.6. The highest BCUT2D eigenvalue weighted by Gasteiger charge is 2.32. The van der Waals surface area contributed by atoms with Crippen LogP contribution in [0.2, 0.25) is 0 Å². The Morgan fingerprint density at radius 2 is 2.08 bits per heavy atom. The van der Waals surface area contributed by atoms with Crippen LogP contribution in [0.5, 0.6) is 5.75 Å². The average molecular weight is 392 g/mol. The number of hydrogen-bond donors (Lipinski definition) is 2. The van der Waals surface area contributed by atoms with Crippen molar-refractivity contribution in [1.82, 2.24) is 10.2 Å². The summed E-state index contributed by atoms with van der Waals surface area (Å²) in [6.45, 7) is 1.19. The van der Waals surface area contributed by atoms with E-state index in [0.29, 0.717) is 19.0 Å². The van der Waals surface area contributed by atoms with Gasteiger partial charge in [-0.15, -0.1) is 24.8 Å². The van der Waals surface area contributed by atoms with Gasteiger partial charge >= 0.3 is 0 Å². The highest BCUT2D eigenvalue weighted by atomic mass is 35.5. The number of rotatable bonds is 7. The Balaban J connectivity index is 0.00000288. The fraction of sp³-hybridized carbons (Fsp3) is 0.611. The molecule has 0 saturated heterocycles. The molecule has 0 radical (unpaired) electrons. The van der Waals surface area contributed by atoms with Gasteiger partial charge in [-0.25, -0.2) is 0 Å². The monoisotopic (exact) mass is 391 g/mol. The van der Waals surface area contributed by atoms with Gasteiger partial charge in [0.2, 0.25) is 5.91 Å². The van der Waals surface area contributed by atoms with E-state index in [1.165, 1.54) is 0 Å². The third-order valence-electron chi connectivity index (χ3n) is 4.87. The molecule has 3 atom stereocenters. The van der Waals surface area contributed by atoms with Crippen LogP contribution in [0.15, 0.2) is 24.3 Å². The van der Waals surface area contributed by atoms with E-state index >= 15 is 0 Å². The quantitative estimate of drug-likeness (QED) is 0.749. The molecule has 3 N–H and O–H groups in total. The van der Waals surface area contributed by atoms with E-state index in [4.69, 9.17) is 10.5 Å². The molecule has 1 aliphatic carbocycles. The van der Waals surface area contributed by atoms with Crippen molar-refractivity contribution in [2.75, 3.05) is 34.3 Å². The molecular formula is C18H31Cl2N3O2. The molecule has 1 saturated carbocycles. The second-order valence-electron chi connectivity index (χ2n) is 6.53. The molecule has 1 aromatic carbocycles. The predicted octanol–water partition coefficient (Wildman–Crippen LogP) is 2.63. The molecule has 5 nitrogen and oxygen atoms in total. The number of nitrogens with zero attached hydrogens (tertiary/aromatic N) is 1. The number of benzene rings is 1. The van der Waals surface area contributed by atoms with Crippen molar-refractivity contribution >= 4 is 30.7 Å². The first-order chi connectivity index (χ1) is 11.1. The van der Waals surface area contributed by atoms with Crippen LogP contribution >= 0.6 is 24.8 Å². The van der Waals surface area contributed by atoms with E-state index in [9.17, 15) is 4.79 Å². The summed E-state index contributed by atoms with van der Waals surface area (Å²) >= 11 is 0. The van der Waals surface area contributed by atoms with Gasteiger partial charge in [-0.1, -0.05) is 18.6 Å². The largest absolute Gasteiger partial charge is 0.497 e. The van der Waals surface area contributed by atoms with Crippen LogP contribution in [0.4, 0.5) is 0 Å². The Hall–Kier alpha value is -1.01. The van der Waals surface area contributed by atoms with Crippen LogP contribution in [0.1, 0.15) is 30.9 Å². The lowest BCUT2D eigenvalue weighted by atomic mass is 9.95. The van der Waals surface area contributed by atoms with Gasteiger partial charge in [-0.3, -0.25) is 4.79 Å². The van der Waals surface area contributed by atoms with Crippen LogP contribution in [0.25, 0.3) is 0 Å². The Bertz CT molecular complexity index is 529. The van der Waals surface area contributed by atoms with Gasteiger partial charge in [-0.2, -0.15) is 0 Å². The minimum atomic E-state index is 0. The Kier molecular flexibility index (Phi) is 11.1. The lowest BCUT2D eigenvalue weighted by Crippen LogP contribution is -2.39. The maximum atomic E-state index is 12.5. The van der Waals surface area contributed by atoms with E-state index < -0.39 is 0 Å². The fourth-order valence-corrected chi connectivity index (χ4v) is 3.44. The molecule has 0 heterocycles. The summed E-state index contributed by atoms with van der Waals surface area (Å²) in [5.74, 6) is 1.39. The number of halogens is 2. The topological polar surface area (TPSA) is 67.6 Å². The summed E-state index contributed by atoms with van der Waals surface area (Å²) in [6, 6.07) is 8.12. The Morgan fingerprint density at radius 3 is 2.68 bits per heavy atom. The first kappa shape index (κ1) is 24.0. The average Bonchev–Trinajstić information content (AvgIpc) is 3.03. The van der Waals surface area contributed by atoms with Crippen molar-refractivity contribution in [3.8, 4) is 5.75 Å². The molecule has 1 aromatic rings. The molecular weight excluding hydrogens is 361 g/mol. The summed E-state index contributed by atoms with van der Waals surface area (Å²) in [5.41, 5.74) is 6.92. The van der Waals surface area contributed by atoms with Crippen molar-refractivity contribution < 1.29 is 9.53 Å². The van der Waals surface area contributed by atoms with Crippen molar-refractivity contribution in [3.05, 3.63) is 29.8 Å². The SMILES string of the molecule is COc1cccc(C(CNC(=O)[C@@H]2CCC[C@@H]2CN)N(C)C)c1.Cl.Cl. The van der Waals surface area contributed by atoms with Crippen molar-refractivity contribution in [1.29, 1.82) is 0 Å². The minimum absolute atomic E-state index is 0. The minimum Gasteiger partial charge on any atom is -0.497 e. The van der Waals surface area contributed by atoms with Gasteiger partial charge in [0.25, 0.3) is 0 Å². The van der Waals surface area contributed by atoms with Crippen molar-refractivity contribution in [2.24, 2.45) is 17.6 Å². The molecule has 25 heavy (non-hydrogen) atoms. The summed E-state index contributed by atoms with van der Waals surface area (Å²) in [5, 5.41) is 3.13. The number of methoxy groups -OCH3 is 1. The van der Waals surface area contributed by atoms with Crippen LogP contribution < -0.4 is 15.8 Å². The number of carbonyl (C=O) groups is 1. The second-order valence-corrected chi connectivity index (χ2v) is 6.53. The molecule has 1 amide bonds. The number of amides is 1. The van der Waals surface area contributed by atoms with Gasteiger partial charge in [-0.05, 0) is 57.1 Å². The highest BCUT2D eigenvalue weighted by Crippen LogP contribution is 2.31. The molecule has 0 aromatic heterocycles. The maximum Gasteiger partial charge on any atom is 0.223 e. The Morgan fingerprint density at radius 1 is 1.36 bits per heavy atom. The molecule has 1 aliphatic rings. The maximum absolute atomic E-state index is 12.5. The lowest BCUT2D eigenvalue weighted by molar-refractivity contribution is -0.126. The molecule has 7 heteroatoms. The zero-order valence-corrected chi connectivity index (χ0v) is 16.9. The normalized spacial score (nSPS) is 20.4. The molecule has 0 bridgehead atoms. The van der Waals surface area contributed by atoms with Gasteiger partial charge < -0.3 is 20.7 Å². The molecule has 2 rings (SSSR count). The number of carbonyl (C=O) groups excluding carboxylic acids is 1. The molecule has 0 spiro atoms. The van der Waals surface area contributed by atoms with Crippen LogP contribution in [-0.4, -0.2) is 45.1 Å². The van der Waals surface area contributed by atoms with Crippen molar-refractivity contribution in [2.45, 2.75) is 25.3 Å².